The van der Waals surface area contributed by atoms with E-state index in [1.54, 1.807) is 0 Å². The standard InChI is InChI=1S/C37H40F4N4O2S/c1-4-43(5-2)19-20-44(22-26-9-13-28(14-10-26)29-15-18-32(25(3)21-29)37(39,40)41)34(46)23-45-33-8-6-7-31(33)35(47)42-36(45)48-24-27-11-16-30(38)17-12-27/h9-18,21H,4-8,19-20,22-24H2,1-3H3/i4D2,5D2,6D2,7D2,8D2,9D,10D,11D,12D,13D,14D,15D,16D,17D,18D,19D2,20D2,21D,23D2,24D2. The predicted octanol–water partition coefficient (Wildman–Crippen LogP) is 7.53. The summed E-state index contributed by atoms with van der Waals surface area (Å²) in [6, 6.07) is -16.0. The fraction of sp³-hybridized carbons (Fsp3) is 0.378. The largest absolute Gasteiger partial charge is 0.416 e. The van der Waals surface area contributed by atoms with Crippen molar-refractivity contribution in [1.29, 1.82) is 0 Å². The molecular weight excluding hydrogens is 640 g/mol. The molecule has 0 unspecified atom stereocenters. The molecule has 0 saturated heterocycles. The van der Waals surface area contributed by atoms with Crippen molar-refractivity contribution in [2.45, 2.75) is 70.0 Å². The number of hydrogen-bond acceptors (Lipinski definition) is 5. The Bertz CT molecular complexity index is 3110. The number of thioether (sulfide) groups is 1. The van der Waals surface area contributed by atoms with Gasteiger partial charge in [-0.25, -0.2) is 4.39 Å². The topological polar surface area (TPSA) is 58.4 Å². The Morgan fingerprint density at radius 1 is 1.00 bits per heavy atom. The summed E-state index contributed by atoms with van der Waals surface area (Å²) in [5.41, 5.74) is -17.1. The molecule has 6 nitrogen and oxygen atoms in total. The van der Waals surface area contributed by atoms with Crippen LogP contribution in [0.5, 0.6) is 0 Å². The number of hydrogen-bond donors (Lipinski definition) is 0. The maximum Gasteiger partial charge on any atom is 0.416 e. The van der Waals surface area contributed by atoms with E-state index in [-0.39, 0.29) is 0 Å². The molecule has 0 spiro atoms. The van der Waals surface area contributed by atoms with E-state index in [0.717, 1.165) is 0 Å². The Balaban J connectivity index is 1.97. The van der Waals surface area contributed by atoms with Gasteiger partial charge in [-0.15, -0.1) is 0 Å². The van der Waals surface area contributed by atoms with Crippen molar-refractivity contribution < 1.29 is 62.1 Å². The number of carbonyl (C=O) groups excluding carboxylic acids is 1. The fourth-order valence-electron chi connectivity index (χ4n) is 3.76. The molecule has 5 rings (SSSR count). The molecular formula is C37H40F4N4O2S. The van der Waals surface area contributed by atoms with E-state index in [0.29, 0.717) is 20.8 Å². The Morgan fingerprint density at radius 3 is 2.33 bits per heavy atom. The van der Waals surface area contributed by atoms with Crippen molar-refractivity contribution in [2.75, 3.05) is 26.0 Å². The molecule has 0 atom stereocenters. The molecule has 0 aliphatic heterocycles. The molecule has 1 aliphatic rings. The van der Waals surface area contributed by atoms with Crippen molar-refractivity contribution in [3.63, 3.8) is 0 Å². The lowest BCUT2D eigenvalue weighted by Gasteiger charge is -2.28. The second-order valence-corrected chi connectivity index (χ2v) is 9.91. The Morgan fingerprint density at radius 2 is 1.67 bits per heavy atom. The summed E-state index contributed by atoms with van der Waals surface area (Å²) >= 11 is -0.700. The minimum atomic E-state index is -5.34. The Kier molecular flexibility index (Phi) is 4.44. The molecule has 48 heavy (non-hydrogen) atoms. The van der Waals surface area contributed by atoms with Gasteiger partial charge in [0.2, 0.25) is 5.91 Å². The van der Waals surface area contributed by atoms with Gasteiger partial charge in [0.05, 0.1) is 26.1 Å². The highest BCUT2D eigenvalue weighted by Crippen LogP contribution is 2.34. The number of nitrogens with zero attached hydrogens (tertiary/aromatic N) is 4. The first-order chi connectivity index (χ1) is 34.2. The van der Waals surface area contributed by atoms with Gasteiger partial charge in [-0.2, -0.15) is 18.2 Å². The SMILES string of the molecule is [2H]c1c([2H])c(C([2H])([2H])Sc2nc(=O)c3c(n2C([2H])([2H])C(=O)N(Cc2c([2H])c([2H])c(-c4c([2H])c([2H])c(C(F)(F)F)c(C)c4[2H])c([2H])c2[2H])C([2H])([2H])C([2H])([2H])N(C([2H])([2H])C)C([2H])([2H])C)C([2H])([2H])C([2H])([2H])C3([2H])[2H])c([2H])c([2H])c1F. The molecule has 1 amide bonds. The predicted molar refractivity (Wildman–Crippen MR) is 181 cm³/mol. The highest BCUT2D eigenvalue weighted by Gasteiger charge is 2.32. The highest BCUT2D eigenvalue weighted by molar-refractivity contribution is 7.98. The number of fused-ring (bicyclic) bond motifs is 1. The summed E-state index contributed by atoms with van der Waals surface area (Å²) in [7, 11) is 0. The van der Waals surface area contributed by atoms with Gasteiger partial charge >= 0.3 is 6.18 Å². The smallest absolute Gasteiger partial charge is 0.336 e. The van der Waals surface area contributed by atoms with E-state index < -0.39 is 230 Å². The molecule has 0 radical (unpaired) electrons. The summed E-state index contributed by atoms with van der Waals surface area (Å²) in [6.45, 7) is -20.8. The van der Waals surface area contributed by atoms with Gasteiger partial charge in [0.25, 0.3) is 5.56 Å². The van der Waals surface area contributed by atoms with Gasteiger partial charge in [-0.3, -0.25) is 9.59 Å². The van der Waals surface area contributed by atoms with E-state index in [1.807, 2.05) is 0 Å². The van der Waals surface area contributed by atoms with Crippen LogP contribution in [0.2, 0.25) is 0 Å². The highest BCUT2D eigenvalue weighted by atomic mass is 32.2. The Hall–Kier alpha value is -3.96. The molecule has 0 saturated carbocycles. The molecule has 0 bridgehead atoms. The average molecular weight is 710 g/mol. The second-order valence-electron chi connectivity index (χ2n) is 9.14. The van der Waals surface area contributed by atoms with Crippen LogP contribution in [0.25, 0.3) is 11.1 Å². The summed E-state index contributed by atoms with van der Waals surface area (Å²) in [4.78, 5) is 31.5. The zero-order valence-electron chi connectivity index (χ0n) is 53.7. The zero-order chi connectivity index (χ0) is 60.1. The van der Waals surface area contributed by atoms with Crippen LogP contribution in [0, 0.1) is 12.7 Å². The summed E-state index contributed by atoms with van der Waals surface area (Å²) in [6.07, 6.45) is -17.4. The van der Waals surface area contributed by atoms with Crippen LogP contribution in [0.15, 0.2) is 76.4 Å². The number of rotatable bonds is 13. The summed E-state index contributed by atoms with van der Waals surface area (Å²) in [5, 5.41) is -1.72. The third kappa shape index (κ3) is 8.54. The number of aromatic nitrogens is 2. The minimum absolute atomic E-state index is 0.477. The number of alkyl halides is 3. The Labute approximate surface area is 323 Å². The minimum Gasteiger partial charge on any atom is -0.336 e. The molecule has 0 N–H and O–H groups in total. The molecule has 1 aromatic heterocycles. The van der Waals surface area contributed by atoms with Crippen LogP contribution in [-0.2, 0) is 42.5 Å². The van der Waals surface area contributed by atoms with Crippen LogP contribution in [-0.4, -0.2) is 51.2 Å². The van der Waals surface area contributed by atoms with Gasteiger partial charge in [-0.1, -0.05) is 73.9 Å². The summed E-state index contributed by atoms with van der Waals surface area (Å²) in [5.74, 6) is -4.54. The first-order valence-electron chi connectivity index (χ1n) is 27.7. The third-order valence-electron chi connectivity index (χ3n) is 5.99. The number of likely N-dealkylation sites (N-methyl/N-ethyl adjacent to an activating group) is 1. The lowest BCUT2D eigenvalue weighted by Crippen LogP contribution is -2.40. The number of carbonyl (C=O) groups is 1. The number of amides is 1. The fourth-order valence-corrected chi connectivity index (χ4v) is 4.42. The van der Waals surface area contributed by atoms with Gasteiger partial charge < -0.3 is 14.4 Å². The molecule has 3 aromatic carbocycles. The van der Waals surface area contributed by atoms with E-state index in [2.05, 4.69) is 4.98 Å². The average Bonchev–Trinajstić information content (AvgIpc) is 3.35. The normalized spacial score (nSPS) is 26.5. The molecule has 4 aromatic rings. The lowest BCUT2D eigenvalue weighted by molar-refractivity contribution is -0.138. The van der Waals surface area contributed by atoms with E-state index >= 15 is 4.79 Å². The van der Waals surface area contributed by atoms with Crippen LogP contribution >= 0.6 is 11.8 Å². The van der Waals surface area contributed by atoms with Crippen molar-refractivity contribution in [3.8, 4) is 11.1 Å². The molecule has 1 aliphatic carbocycles. The first-order valence-corrected chi connectivity index (χ1v) is 14.0. The molecule has 254 valence electrons. The van der Waals surface area contributed by atoms with Crippen molar-refractivity contribution in [1.82, 2.24) is 19.4 Å². The van der Waals surface area contributed by atoms with E-state index in [4.69, 9.17) is 34.3 Å². The maximum atomic E-state index is 15.5. The lowest BCUT2D eigenvalue weighted by atomic mass is 9.98. The number of halogens is 4. The van der Waals surface area contributed by atoms with Crippen molar-refractivity contribution in [2.24, 2.45) is 0 Å². The van der Waals surface area contributed by atoms with E-state index in [9.17, 15) is 27.8 Å². The van der Waals surface area contributed by atoms with Gasteiger partial charge in [-0.05, 0) is 85.0 Å². The number of benzene rings is 3. The monoisotopic (exact) mass is 709 g/mol. The van der Waals surface area contributed by atoms with Crippen LogP contribution in [0.1, 0.15) is 93.5 Å². The second kappa shape index (κ2) is 15.5. The molecule has 0 fully saturated rings. The maximum absolute atomic E-state index is 15.5. The van der Waals surface area contributed by atoms with Crippen molar-refractivity contribution in [3.05, 3.63) is 116 Å². The van der Waals surface area contributed by atoms with Gasteiger partial charge in [0, 0.05) is 55.7 Å². The van der Waals surface area contributed by atoms with Crippen LogP contribution in [0.3, 0.4) is 0 Å². The van der Waals surface area contributed by atoms with Gasteiger partial charge in [0.1, 0.15) is 12.3 Å². The quantitative estimate of drug-likeness (QED) is 0.0817. The van der Waals surface area contributed by atoms with Crippen LogP contribution < -0.4 is 5.56 Å². The molecule has 11 heteroatoms. The first kappa shape index (κ1) is 13.7. The van der Waals surface area contributed by atoms with Crippen molar-refractivity contribution >= 4 is 17.7 Å². The third-order valence-corrected chi connectivity index (χ3v) is 6.76. The summed E-state index contributed by atoms with van der Waals surface area (Å²) < 4.78 is 307. The van der Waals surface area contributed by atoms with Gasteiger partial charge in [0.15, 0.2) is 5.16 Å². The zero-order valence-corrected chi connectivity index (χ0v) is 25.5. The van der Waals surface area contributed by atoms with Crippen LogP contribution in [0.4, 0.5) is 17.6 Å². The molecule has 1 heterocycles. The van der Waals surface area contributed by atoms with E-state index in [1.165, 1.54) is 0 Å².